The number of hydrogen-bond donors (Lipinski definition) is 0. The SMILES string of the molecule is COc1c(C(=O)Cl)cc(Br)c(C)c1C. The van der Waals surface area contributed by atoms with Gasteiger partial charge in [-0.1, -0.05) is 15.9 Å². The molecule has 0 aliphatic heterocycles. The van der Waals surface area contributed by atoms with E-state index in [1.807, 2.05) is 13.8 Å². The van der Waals surface area contributed by atoms with E-state index in [1.54, 1.807) is 6.07 Å². The Hall–Kier alpha value is -0.540. The van der Waals surface area contributed by atoms with Gasteiger partial charge in [0.1, 0.15) is 5.75 Å². The van der Waals surface area contributed by atoms with Crippen molar-refractivity contribution in [2.75, 3.05) is 7.11 Å². The fourth-order valence-corrected chi connectivity index (χ4v) is 1.93. The van der Waals surface area contributed by atoms with Crippen LogP contribution in [0.2, 0.25) is 0 Å². The van der Waals surface area contributed by atoms with Crippen LogP contribution >= 0.6 is 27.5 Å². The minimum absolute atomic E-state index is 0.393. The van der Waals surface area contributed by atoms with Gasteiger partial charge in [0.2, 0.25) is 0 Å². The lowest BCUT2D eigenvalue weighted by molar-refractivity contribution is 0.107. The molecule has 0 spiro atoms. The van der Waals surface area contributed by atoms with Gasteiger partial charge in [-0.05, 0) is 42.6 Å². The van der Waals surface area contributed by atoms with E-state index in [9.17, 15) is 4.79 Å². The van der Waals surface area contributed by atoms with E-state index in [4.69, 9.17) is 16.3 Å². The molecule has 0 saturated heterocycles. The van der Waals surface area contributed by atoms with Crippen molar-refractivity contribution in [2.24, 2.45) is 0 Å². The maximum atomic E-state index is 11.1. The summed E-state index contributed by atoms with van der Waals surface area (Å²) >= 11 is 8.81. The number of carbonyl (C=O) groups excluding carboxylic acids is 1. The first-order valence-corrected chi connectivity index (χ1v) is 5.19. The van der Waals surface area contributed by atoms with Crippen molar-refractivity contribution in [3.8, 4) is 5.75 Å². The van der Waals surface area contributed by atoms with Gasteiger partial charge in [0.05, 0.1) is 12.7 Å². The fraction of sp³-hybridized carbons (Fsp3) is 0.300. The minimum Gasteiger partial charge on any atom is -0.496 e. The van der Waals surface area contributed by atoms with Crippen LogP contribution in [0.1, 0.15) is 21.5 Å². The van der Waals surface area contributed by atoms with E-state index in [-0.39, 0.29) is 0 Å². The van der Waals surface area contributed by atoms with Crippen LogP contribution < -0.4 is 4.74 Å². The minimum atomic E-state index is -0.509. The van der Waals surface area contributed by atoms with Gasteiger partial charge in [0.25, 0.3) is 5.24 Å². The summed E-state index contributed by atoms with van der Waals surface area (Å²) in [7, 11) is 1.53. The molecule has 0 radical (unpaired) electrons. The first-order chi connectivity index (χ1) is 6.49. The molecule has 1 aromatic rings. The van der Waals surface area contributed by atoms with E-state index >= 15 is 0 Å². The lowest BCUT2D eigenvalue weighted by atomic mass is 10.1. The highest BCUT2D eigenvalue weighted by molar-refractivity contribution is 9.10. The van der Waals surface area contributed by atoms with Crippen LogP contribution in [0.3, 0.4) is 0 Å². The average molecular weight is 278 g/mol. The Labute approximate surface area is 96.3 Å². The maximum absolute atomic E-state index is 11.1. The molecule has 0 aromatic heterocycles. The lowest BCUT2D eigenvalue weighted by Crippen LogP contribution is -2.00. The molecule has 2 nitrogen and oxygen atoms in total. The zero-order valence-electron chi connectivity index (χ0n) is 8.15. The van der Waals surface area contributed by atoms with Crippen molar-refractivity contribution in [1.29, 1.82) is 0 Å². The summed E-state index contributed by atoms with van der Waals surface area (Å²) in [5.41, 5.74) is 2.36. The van der Waals surface area contributed by atoms with E-state index in [0.29, 0.717) is 11.3 Å². The third-order valence-corrected chi connectivity index (χ3v) is 3.22. The second-order valence-corrected chi connectivity index (χ2v) is 4.16. The van der Waals surface area contributed by atoms with Crippen LogP contribution in [0.4, 0.5) is 0 Å². The third-order valence-electron chi connectivity index (χ3n) is 2.19. The summed E-state index contributed by atoms with van der Waals surface area (Å²) in [6.07, 6.45) is 0. The second-order valence-electron chi connectivity index (χ2n) is 2.96. The Bertz CT molecular complexity index is 388. The lowest BCUT2D eigenvalue weighted by Gasteiger charge is -2.12. The van der Waals surface area contributed by atoms with Crippen LogP contribution in [0, 0.1) is 13.8 Å². The van der Waals surface area contributed by atoms with Crippen molar-refractivity contribution in [3.63, 3.8) is 0 Å². The molecule has 0 aliphatic carbocycles. The number of methoxy groups -OCH3 is 1. The molecule has 0 N–H and O–H groups in total. The fourth-order valence-electron chi connectivity index (χ4n) is 1.26. The number of ether oxygens (including phenoxy) is 1. The molecule has 1 aromatic carbocycles. The molecular weight excluding hydrogens is 267 g/mol. The highest BCUT2D eigenvalue weighted by atomic mass is 79.9. The molecule has 0 amide bonds. The van der Waals surface area contributed by atoms with Crippen LogP contribution in [-0.4, -0.2) is 12.4 Å². The number of carbonyl (C=O) groups is 1. The quantitative estimate of drug-likeness (QED) is 0.774. The van der Waals surface area contributed by atoms with Crippen LogP contribution in [0.5, 0.6) is 5.75 Å². The van der Waals surface area contributed by atoms with Crippen LogP contribution in [-0.2, 0) is 0 Å². The molecule has 4 heteroatoms. The summed E-state index contributed by atoms with van der Waals surface area (Å²) in [6.45, 7) is 3.84. The van der Waals surface area contributed by atoms with Gasteiger partial charge in [-0.3, -0.25) is 4.79 Å². The molecule has 76 valence electrons. The molecule has 0 bridgehead atoms. The van der Waals surface area contributed by atoms with E-state index in [0.717, 1.165) is 15.6 Å². The van der Waals surface area contributed by atoms with Gasteiger partial charge >= 0.3 is 0 Å². The predicted molar refractivity (Wildman–Crippen MR) is 60.4 cm³/mol. The third kappa shape index (κ3) is 1.93. The van der Waals surface area contributed by atoms with E-state index in [1.165, 1.54) is 7.11 Å². The Balaban J connectivity index is 3.51. The first kappa shape index (κ1) is 11.5. The van der Waals surface area contributed by atoms with Crippen molar-refractivity contribution >= 4 is 32.8 Å². The Morgan fingerprint density at radius 1 is 1.43 bits per heavy atom. The summed E-state index contributed by atoms with van der Waals surface area (Å²) in [6, 6.07) is 1.68. The zero-order chi connectivity index (χ0) is 10.9. The summed E-state index contributed by atoms with van der Waals surface area (Å²) in [5.74, 6) is 0.547. The smallest absolute Gasteiger partial charge is 0.256 e. The molecule has 0 heterocycles. The van der Waals surface area contributed by atoms with Crippen molar-refractivity contribution in [2.45, 2.75) is 13.8 Å². The second kappa shape index (κ2) is 4.32. The summed E-state index contributed by atoms with van der Waals surface area (Å²) < 4.78 is 6.01. The summed E-state index contributed by atoms with van der Waals surface area (Å²) in [4.78, 5) is 11.1. The first-order valence-electron chi connectivity index (χ1n) is 4.02. The monoisotopic (exact) mass is 276 g/mol. The zero-order valence-corrected chi connectivity index (χ0v) is 10.5. The molecule has 0 fully saturated rings. The molecule has 1 rings (SSSR count). The highest BCUT2D eigenvalue weighted by Gasteiger charge is 2.15. The largest absolute Gasteiger partial charge is 0.496 e. The van der Waals surface area contributed by atoms with E-state index in [2.05, 4.69) is 15.9 Å². The van der Waals surface area contributed by atoms with Gasteiger partial charge < -0.3 is 4.74 Å². The maximum Gasteiger partial charge on any atom is 0.256 e. The Morgan fingerprint density at radius 2 is 2.00 bits per heavy atom. The van der Waals surface area contributed by atoms with Gasteiger partial charge in [0.15, 0.2) is 0 Å². The summed E-state index contributed by atoms with van der Waals surface area (Å²) in [5, 5.41) is -0.509. The van der Waals surface area contributed by atoms with Crippen LogP contribution in [0.15, 0.2) is 10.5 Å². The molecular formula is C10H10BrClO2. The normalized spacial score (nSPS) is 10.1. The molecule has 0 saturated carbocycles. The van der Waals surface area contributed by atoms with Gasteiger partial charge in [-0.25, -0.2) is 0 Å². The number of hydrogen-bond acceptors (Lipinski definition) is 2. The van der Waals surface area contributed by atoms with Gasteiger partial charge in [0, 0.05) is 4.47 Å². The topological polar surface area (TPSA) is 26.3 Å². The Kier molecular flexibility index (Phi) is 3.56. The molecule has 0 unspecified atom stereocenters. The van der Waals surface area contributed by atoms with Crippen LogP contribution in [0.25, 0.3) is 0 Å². The number of rotatable bonds is 2. The van der Waals surface area contributed by atoms with Crippen molar-refractivity contribution in [3.05, 3.63) is 27.2 Å². The highest BCUT2D eigenvalue weighted by Crippen LogP contribution is 2.32. The van der Waals surface area contributed by atoms with Gasteiger partial charge in [-0.2, -0.15) is 0 Å². The standard InChI is InChI=1S/C10H10BrClO2/c1-5-6(2)9(14-3)7(10(12)13)4-8(5)11/h4H,1-3H3. The molecule has 14 heavy (non-hydrogen) atoms. The number of halogens is 2. The Morgan fingerprint density at radius 3 is 2.43 bits per heavy atom. The average Bonchev–Trinajstić information content (AvgIpc) is 2.13. The number of benzene rings is 1. The predicted octanol–water partition coefficient (Wildman–Crippen LogP) is 3.45. The van der Waals surface area contributed by atoms with Crippen molar-refractivity contribution < 1.29 is 9.53 Å². The van der Waals surface area contributed by atoms with Gasteiger partial charge in [-0.15, -0.1) is 0 Å². The van der Waals surface area contributed by atoms with Crippen molar-refractivity contribution in [1.82, 2.24) is 0 Å². The molecule has 0 aliphatic rings. The van der Waals surface area contributed by atoms with E-state index < -0.39 is 5.24 Å². The molecule has 0 atom stereocenters.